The van der Waals surface area contributed by atoms with E-state index in [1.165, 1.54) is 5.56 Å². The first-order chi connectivity index (χ1) is 11.7. The van der Waals surface area contributed by atoms with Crippen molar-refractivity contribution >= 4 is 5.97 Å². The Balaban J connectivity index is 1.50. The molecule has 2 aliphatic heterocycles. The number of aromatic nitrogens is 2. The lowest BCUT2D eigenvalue weighted by atomic mass is 9.88. The highest BCUT2D eigenvalue weighted by Gasteiger charge is 2.47. The number of fused-ring (bicyclic) bond motifs is 2. The molecule has 1 N–H and O–H groups in total. The minimum atomic E-state index is -0.902. The van der Waals surface area contributed by atoms with Crippen molar-refractivity contribution in [3.63, 3.8) is 0 Å². The number of carboxylic acids is 1. The molecule has 1 aromatic carbocycles. The second-order valence-corrected chi connectivity index (χ2v) is 6.60. The van der Waals surface area contributed by atoms with E-state index in [0.717, 1.165) is 38.3 Å². The smallest absolute Gasteiger partial charge is 0.334 e. The Hall–Kier alpha value is -2.18. The topological polar surface area (TPSA) is 67.6 Å². The highest BCUT2D eigenvalue weighted by atomic mass is 16.5. The maximum absolute atomic E-state index is 11.4. The van der Waals surface area contributed by atoms with Gasteiger partial charge >= 0.3 is 5.97 Å². The third kappa shape index (κ3) is 2.72. The van der Waals surface area contributed by atoms with Gasteiger partial charge in [-0.1, -0.05) is 30.3 Å². The lowest BCUT2D eigenvalue weighted by Crippen LogP contribution is -2.52. The van der Waals surface area contributed by atoms with Crippen molar-refractivity contribution in [2.75, 3.05) is 13.1 Å². The third-order valence-corrected chi connectivity index (χ3v) is 5.04. The Kier molecular flexibility index (Phi) is 3.86. The number of carbonyl (C=O) groups is 1. The van der Waals surface area contributed by atoms with Crippen LogP contribution < -0.4 is 0 Å². The Bertz CT molecular complexity index is 720. The van der Waals surface area contributed by atoms with Gasteiger partial charge in [-0.2, -0.15) is 0 Å². The van der Waals surface area contributed by atoms with E-state index in [1.54, 1.807) is 6.20 Å². The maximum Gasteiger partial charge on any atom is 0.334 e. The summed E-state index contributed by atoms with van der Waals surface area (Å²) in [6.45, 7) is 2.98. The van der Waals surface area contributed by atoms with Crippen molar-refractivity contribution in [3.8, 4) is 0 Å². The van der Waals surface area contributed by atoms with Crippen molar-refractivity contribution in [3.05, 3.63) is 54.1 Å². The predicted octanol–water partition coefficient (Wildman–Crippen LogP) is 1.86. The third-order valence-electron chi connectivity index (χ3n) is 5.04. The van der Waals surface area contributed by atoms with E-state index in [-0.39, 0.29) is 0 Å². The predicted molar refractivity (Wildman–Crippen MR) is 87.4 cm³/mol. The number of aliphatic carboxylic acids is 1. The second kappa shape index (κ2) is 6.03. The van der Waals surface area contributed by atoms with E-state index < -0.39 is 17.7 Å². The molecule has 1 aromatic heterocycles. The van der Waals surface area contributed by atoms with E-state index in [0.29, 0.717) is 6.54 Å². The first-order valence-corrected chi connectivity index (χ1v) is 8.35. The molecule has 6 nitrogen and oxygen atoms in total. The summed E-state index contributed by atoms with van der Waals surface area (Å²) in [4.78, 5) is 18.3. The summed E-state index contributed by atoms with van der Waals surface area (Å²) < 4.78 is 7.99. The molecule has 1 spiro atoms. The number of carboxylic acid groups (broad SMARTS) is 1. The van der Waals surface area contributed by atoms with Gasteiger partial charge < -0.3 is 14.4 Å². The van der Waals surface area contributed by atoms with Gasteiger partial charge in [0.05, 0.1) is 6.54 Å². The molecule has 126 valence electrons. The van der Waals surface area contributed by atoms with Gasteiger partial charge in [-0.05, 0) is 18.4 Å². The molecule has 1 atom stereocenters. The van der Waals surface area contributed by atoms with Gasteiger partial charge in [0.2, 0.25) is 0 Å². The highest BCUT2D eigenvalue weighted by molar-refractivity contribution is 5.72. The van der Waals surface area contributed by atoms with Gasteiger partial charge in [0.1, 0.15) is 11.4 Å². The largest absolute Gasteiger partial charge is 0.479 e. The molecule has 0 saturated carbocycles. The van der Waals surface area contributed by atoms with Crippen molar-refractivity contribution in [1.29, 1.82) is 0 Å². The molecular formula is C18H21N3O3. The number of piperidine rings is 1. The Morgan fingerprint density at radius 2 is 2.04 bits per heavy atom. The monoisotopic (exact) mass is 327 g/mol. The van der Waals surface area contributed by atoms with Crippen LogP contribution in [0, 0.1) is 0 Å². The van der Waals surface area contributed by atoms with Crippen LogP contribution in [0.3, 0.4) is 0 Å². The van der Waals surface area contributed by atoms with Crippen molar-refractivity contribution in [2.24, 2.45) is 0 Å². The van der Waals surface area contributed by atoms with Crippen LogP contribution in [0.4, 0.5) is 0 Å². The number of benzene rings is 1. The zero-order valence-electron chi connectivity index (χ0n) is 13.5. The SMILES string of the molecule is O=C(O)C1Cn2ccnc2C2(CCN(Cc3ccccc3)CC2)O1. The van der Waals surface area contributed by atoms with Gasteiger partial charge in [-0.25, -0.2) is 9.78 Å². The van der Waals surface area contributed by atoms with E-state index >= 15 is 0 Å². The standard InChI is InChI=1S/C18H21N3O3/c22-16(23)15-13-21-11-8-19-17(21)18(24-15)6-9-20(10-7-18)12-14-4-2-1-3-5-14/h1-5,8,11,15H,6-7,9-10,12-13H2,(H,22,23). The van der Waals surface area contributed by atoms with Crippen LogP contribution in [0.5, 0.6) is 0 Å². The summed E-state index contributed by atoms with van der Waals surface area (Å²) in [6.07, 6.45) is 4.32. The summed E-state index contributed by atoms with van der Waals surface area (Å²) in [5.74, 6) is -0.0280. The van der Waals surface area contributed by atoms with E-state index in [9.17, 15) is 9.90 Å². The molecule has 2 aromatic rings. The van der Waals surface area contributed by atoms with Crippen LogP contribution in [0.1, 0.15) is 24.2 Å². The van der Waals surface area contributed by atoms with Gasteiger partial charge in [0.25, 0.3) is 0 Å². The van der Waals surface area contributed by atoms with E-state index in [4.69, 9.17) is 4.74 Å². The van der Waals surface area contributed by atoms with Crippen molar-refractivity contribution in [2.45, 2.75) is 37.6 Å². The molecule has 1 saturated heterocycles. The molecule has 24 heavy (non-hydrogen) atoms. The quantitative estimate of drug-likeness (QED) is 0.932. The fourth-order valence-corrected chi connectivity index (χ4v) is 3.78. The van der Waals surface area contributed by atoms with Crippen molar-refractivity contribution < 1.29 is 14.6 Å². The molecule has 1 unspecified atom stereocenters. The van der Waals surface area contributed by atoms with Crippen LogP contribution in [0.2, 0.25) is 0 Å². The van der Waals surface area contributed by atoms with Crippen LogP contribution in [0.15, 0.2) is 42.7 Å². The number of nitrogens with zero attached hydrogens (tertiary/aromatic N) is 3. The summed E-state index contributed by atoms with van der Waals surface area (Å²) in [6, 6.07) is 10.4. The number of rotatable bonds is 3. The van der Waals surface area contributed by atoms with Gasteiger partial charge in [-0.15, -0.1) is 0 Å². The average Bonchev–Trinajstić information content (AvgIpc) is 3.07. The molecule has 4 rings (SSSR count). The molecule has 0 bridgehead atoms. The lowest BCUT2D eigenvalue weighted by molar-refractivity contribution is -0.186. The summed E-state index contributed by atoms with van der Waals surface area (Å²) in [7, 11) is 0. The number of hydrogen-bond acceptors (Lipinski definition) is 4. The minimum absolute atomic E-state index is 0.333. The molecule has 6 heteroatoms. The highest BCUT2D eigenvalue weighted by Crippen LogP contribution is 2.40. The van der Waals surface area contributed by atoms with Crippen LogP contribution in [0.25, 0.3) is 0 Å². The van der Waals surface area contributed by atoms with Crippen LogP contribution in [-0.4, -0.2) is 44.7 Å². The summed E-state index contributed by atoms with van der Waals surface area (Å²) in [5.41, 5.74) is 0.723. The number of ether oxygens (including phenoxy) is 1. The summed E-state index contributed by atoms with van der Waals surface area (Å²) in [5, 5.41) is 9.39. The Morgan fingerprint density at radius 3 is 2.75 bits per heavy atom. The maximum atomic E-state index is 11.4. The van der Waals surface area contributed by atoms with Gasteiger partial charge in [-0.3, -0.25) is 4.90 Å². The van der Waals surface area contributed by atoms with Gasteiger partial charge in [0.15, 0.2) is 6.10 Å². The minimum Gasteiger partial charge on any atom is -0.479 e. The normalized spacial score (nSPS) is 23.1. The zero-order chi connectivity index (χ0) is 16.6. The molecule has 0 radical (unpaired) electrons. The van der Waals surface area contributed by atoms with Crippen LogP contribution >= 0.6 is 0 Å². The molecule has 0 aliphatic carbocycles. The first-order valence-electron chi connectivity index (χ1n) is 8.35. The first kappa shape index (κ1) is 15.4. The molecule has 2 aliphatic rings. The van der Waals surface area contributed by atoms with Crippen molar-refractivity contribution in [1.82, 2.24) is 14.5 Å². The molecular weight excluding hydrogens is 306 g/mol. The number of likely N-dealkylation sites (tertiary alicyclic amines) is 1. The second-order valence-electron chi connectivity index (χ2n) is 6.60. The summed E-state index contributed by atoms with van der Waals surface area (Å²) >= 11 is 0. The average molecular weight is 327 g/mol. The Morgan fingerprint density at radius 1 is 1.29 bits per heavy atom. The molecule has 0 amide bonds. The lowest BCUT2D eigenvalue weighted by Gasteiger charge is -2.45. The van der Waals surface area contributed by atoms with E-state index in [2.05, 4.69) is 34.1 Å². The fraction of sp³-hybridized carbons (Fsp3) is 0.444. The zero-order valence-corrected chi connectivity index (χ0v) is 13.5. The van der Waals surface area contributed by atoms with Gasteiger partial charge in [0, 0.05) is 32.0 Å². The number of imidazole rings is 1. The van der Waals surface area contributed by atoms with E-state index in [1.807, 2.05) is 16.8 Å². The Labute approximate surface area is 140 Å². The molecule has 1 fully saturated rings. The number of hydrogen-bond donors (Lipinski definition) is 1. The fourth-order valence-electron chi connectivity index (χ4n) is 3.78. The molecule has 3 heterocycles. The van der Waals surface area contributed by atoms with Crippen LogP contribution in [-0.2, 0) is 28.2 Å².